The van der Waals surface area contributed by atoms with Crippen molar-refractivity contribution in [3.05, 3.63) is 11.8 Å². The molecule has 1 amide bonds. The van der Waals surface area contributed by atoms with Gasteiger partial charge in [0.05, 0.1) is 18.8 Å². The normalized spacial score (nSPS) is 13.1. The highest BCUT2D eigenvalue weighted by Gasteiger charge is 2.04. The van der Waals surface area contributed by atoms with Gasteiger partial charge in [0, 0.05) is 19.1 Å². The molecule has 6 N–H and O–H groups in total. The molecule has 0 aliphatic rings. The average Bonchev–Trinajstić information content (AvgIpc) is 2.51. The molecule has 0 fully saturated rings. The number of allylic oxidation sites excluding steroid dienone is 1. The first-order chi connectivity index (χ1) is 11.3. The van der Waals surface area contributed by atoms with Crippen LogP contribution in [0.2, 0.25) is 0 Å². The number of nitrogens with zero attached hydrogens (tertiary/aromatic N) is 4. The molecule has 0 radical (unpaired) electrons. The van der Waals surface area contributed by atoms with E-state index >= 15 is 0 Å². The Balaban J connectivity index is 4.26. The molecule has 0 rings (SSSR count). The van der Waals surface area contributed by atoms with Crippen LogP contribution in [0.1, 0.15) is 26.2 Å². The van der Waals surface area contributed by atoms with E-state index in [1.165, 1.54) is 6.21 Å². The van der Waals surface area contributed by atoms with Crippen molar-refractivity contribution >= 4 is 36.5 Å². The summed E-state index contributed by atoms with van der Waals surface area (Å²) in [4.78, 5) is 29.6. The number of nitrogens with two attached hydrogens (primary N) is 2. The molecule has 0 atom stereocenters. The van der Waals surface area contributed by atoms with Crippen LogP contribution in [0, 0.1) is 0 Å². The Morgan fingerprint density at radius 3 is 2.54 bits per heavy atom. The third-order valence-electron chi connectivity index (χ3n) is 2.43. The Labute approximate surface area is 140 Å². The monoisotopic (exact) mass is 337 g/mol. The standard InChI is InChI=1S/C14H23N7O3/c1-10(15)20-21-12(16)9-18-7-6-11(17-2)8-19-13(22)4-3-5-14(23)24/h6-7H,2-5,8-9H2,1H3,(H2,15,20)(H2,16,21)(H,19,22)(H,23,24)/b11-6-,18-7?. The van der Waals surface area contributed by atoms with Crippen molar-refractivity contribution in [3.63, 3.8) is 0 Å². The van der Waals surface area contributed by atoms with Crippen LogP contribution in [0.3, 0.4) is 0 Å². The van der Waals surface area contributed by atoms with E-state index in [0.29, 0.717) is 11.5 Å². The number of aliphatic carboxylic acids is 1. The van der Waals surface area contributed by atoms with Crippen LogP contribution in [0.4, 0.5) is 0 Å². The van der Waals surface area contributed by atoms with Crippen LogP contribution >= 0.6 is 0 Å². The van der Waals surface area contributed by atoms with Gasteiger partial charge in [-0.25, -0.2) is 0 Å². The summed E-state index contributed by atoms with van der Waals surface area (Å²) in [6, 6.07) is 0. The molecule has 0 aromatic carbocycles. The molecule has 0 spiro atoms. The van der Waals surface area contributed by atoms with Crippen LogP contribution < -0.4 is 16.8 Å². The van der Waals surface area contributed by atoms with Crippen molar-refractivity contribution in [2.24, 2.45) is 31.7 Å². The Morgan fingerprint density at radius 1 is 1.25 bits per heavy atom. The van der Waals surface area contributed by atoms with Gasteiger partial charge in [-0.1, -0.05) is 0 Å². The zero-order chi connectivity index (χ0) is 18.4. The van der Waals surface area contributed by atoms with E-state index < -0.39 is 5.97 Å². The molecule has 0 aromatic heterocycles. The van der Waals surface area contributed by atoms with Gasteiger partial charge in [-0.2, -0.15) is 0 Å². The Kier molecular flexibility index (Phi) is 10.9. The van der Waals surface area contributed by atoms with Crippen molar-refractivity contribution in [1.29, 1.82) is 0 Å². The Hall–Kier alpha value is -3.04. The SMILES string of the molecule is C=N/C(=C\C=NC/C(N)=N/N=C(/C)N)CNC(=O)CCCC(=O)O. The second-order valence-corrected chi connectivity index (χ2v) is 4.66. The van der Waals surface area contributed by atoms with E-state index in [1.54, 1.807) is 13.0 Å². The summed E-state index contributed by atoms with van der Waals surface area (Å²) >= 11 is 0. The van der Waals surface area contributed by atoms with Gasteiger partial charge in [0.2, 0.25) is 5.91 Å². The quantitative estimate of drug-likeness (QED) is 0.229. The number of carbonyl (C=O) groups excluding carboxylic acids is 1. The Bertz CT molecular complexity index is 561. The zero-order valence-corrected chi connectivity index (χ0v) is 13.6. The average molecular weight is 337 g/mol. The molecule has 0 aromatic rings. The molecule has 0 bridgehead atoms. The van der Waals surface area contributed by atoms with Crippen molar-refractivity contribution in [2.45, 2.75) is 26.2 Å². The van der Waals surface area contributed by atoms with Crippen molar-refractivity contribution in [1.82, 2.24) is 5.32 Å². The number of carboxylic acids is 1. The molecule has 24 heavy (non-hydrogen) atoms. The largest absolute Gasteiger partial charge is 0.481 e. The van der Waals surface area contributed by atoms with Gasteiger partial charge in [0.15, 0.2) is 0 Å². The second kappa shape index (κ2) is 12.5. The zero-order valence-electron chi connectivity index (χ0n) is 13.6. The fourth-order valence-corrected chi connectivity index (χ4v) is 1.30. The number of nitrogens with one attached hydrogen (secondary N) is 1. The molecule has 0 aliphatic heterocycles. The van der Waals surface area contributed by atoms with E-state index in [1.807, 2.05) is 0 Å². The first-order valence-corrected chi connectivity index (χ1v) is 7.11. The third-order valence-corrected chi connectivity index (χ3v) is 2.43. The van der Waals surface area contributed by atoms with Gasteiger partial charge in [0.1, 0.15) is 11.7 Å². The maximum Gasteiger partial charge on any atom is 0.303 e. The first kappa shape index (κ1) is 21.0. The maximum atomic E-state index is 11.5. The summed E-state index contributed by atoms with van der Waals surface area (Å²) < 4.78 is 0. The summed E-state index contributed by atoms with van der Waals surface area (Å²) in [5.41, 5.74) is 11.4. The number of amides is 1. The third kappa shape index (κ3) is 12.7. The van der Waals surface area contributed by atoms with E-state index in [9.17, 15) is 9.59 Å². The Morgan fingerprint density at radius 2 is 1.96 bits per heavy atom. The smallest absolute Gasteiger partial charge is 0.303 e. The minimum atomic E-state index is -0.928. The highest BCUT2D eigenvalue weighted by molar-refractivity contribution is 5.86. The number of hydrogen-bond acceptors (Lipinski definition) is 6. The first-order valence-electron chi connectivity index (χ1n) is 7.11. The lowest BCUT2D eigenvalue weighted by Gasteiger charge is -2.04. The van der Waals surface area contributed by atoms with Gasteiger partial charge in [-0.3, -0.25) is 19.6 Å². The molecule has 0 saturated carbocycles. The molecule has 0 heterocycles. The molecular weight excluding hydrogens is 314 g/mol. The molecule has 0 unspecified atom stereocenters. The van der Waals surface area contributed by atoms with Gasteiger partial charge >= 0.3 is 5.97 Å². The molecule has 10 heteroatoms. The van der Waals surface area contributed by atoms with Crippen LogP contribution in [0.15, 0.2) is 32.0 Å². The number of carboxylic acid groups (broad SMARTS) is 1. The molecule has 132 valence electrons. The number of amidine groups is 2. The van der Waals surface area contributed by atoms with Crippen LogP contribution in [0.25, 0.3) is 0 Å². The number of aliphatic imine (C=N–C) groups is 2. The van der Waals surface area contributed by atoms with Gasteiger partial charge in [0.25, 0.3) is 0 Å². The van der Waals surface area contributed by atoms with E-state index in [0.717, 1.165) is 0 Å². The van der Waals surface area contributed by atoms with Crippen molar-refractivity contribution in [3.8, 4) is 0 Å². The van der Waals surface area contributed by atoms with Gasteiger partial charge < -0.3 is 21.9 Å². The number of carbonyl (C=O) groups is 2. The van der Waals surface area contributed by atoms with Gasteiger partial charge in [-0.05, 0) is 26.1 Å². The van der Waals surface area contributed by atoms with Gasteiger partial charge in [-0.15, -0.1) is 10.2 Å². The molecule has 0 aliphatic carbocycles. The highest BCUT2D eigenvalue weighted by Crippen LogP contribution is 1.97. The molecule has 0 saturated heterocycles. The maximum absolute atomic E-state index is 11.5. The van der Waals surface area contributed by atoms with Crippen molar-refractivity contribution in [2.75, 3.05) is 13.1 Å². The number of hydrogen-bond donors (Lipinski definition) is 4. The van der Waals surface area contributed by atoms with Crippen LogP contribution in [0.5, 0.6) is 0 Å². The highest BCUT2D eigenvalue weighted by atomic mass is 16.4. The van der Waals surface area contributed by atoms with Crippen molar-refractivity contribution < 1.29 is 14.7 Å². The topological polar surface area (TPSA) is 168 Å². The fraction of sp³-hybridized carbons (Fsp3) is 0.429. The minimum Gasteiger partial charge on any atom is -0.481 e. The molecular formula is C14H23N7O3. The summed E-state index contributed by atoms with van der Waals surface area (Å²) in [5, 5.41) is 18.4. The number of rotatable bonds is 11. The summed E-state index contributed by atoms with van der Waals surface area (Å²) in [5.74, 6) is -0.694. The predicted octanol–water partition coefficient (Wildman–Crippen LogP) is -0.338. The summed E-state index contributed by atoms with van der Waals surface area (Å²) in [6.07, 6.45) is 3.40. The summed E-state index contributed by atoms with van der Waals surface area (Å²) in [7, 11) is 0. The van der Waals surface area contributed by atoms with E-state index in [-0.39, 0.29) is 44.1 Å². The van der Waals surface area contributed by atoms with Crippen LogP contribution in [-0.2, 0) is 9.59 Å². The van der Waals surface area contributed by atoms with E-state index in [4.69, 9.17) is 16.6 Å². The minimum absolute atomic E-state index is 0.0425. The van der Waals surface area contributed by atoms with Crippen LogP contribution in [-0.4, -0.2) is 54.7 Å². The lowest BCUT2D eigenvalue weighted by Crippen LogP contribution is -2.25. The summed E-state index contributed by atoms with van der Waals surface area (Å²) in [6.45, 7) is 5.29. The lowest BCUT2D eigenvalue weighted by atomic mass is 10.2. The lowest BCUT2D eigenvalue weighted by molar-refractivity contribution is -0.137. The second-order valence-electron chi connectivity index (χ2n) is 4.66. The fourth-order valence-electron chi connectivity index (χ4n) is 1.30. The molecule has 10 nitrogen and oxygen atoms in total. The van der Waals surface area contributed by atoms with E-state index in [2.05, 4.69) is 32.2 Å². The predicted molar refractivity (Wildman–Crippen MR) is 94.4 cm³/mol.